The minimum atomic E-state index is -1.03. The second-order valence-electron chi connectivity index (χ2n) is 8.01. The van der Waals surface area contributed by atoms with Crippen LogP contribution in [0.15, 0.2) is 34.2 Å². The van der Waals surface area contributed by atoms with E-state index in [9.17, 15) is 19.2 Å². The molecule has 0 saturated carbocycles. The summed E-state index contributed by atoms with van der Waals surface area (Å²) in [5.41, 5.74) is 1.77. The normalized spacial score (nSPS) is 18.3. The average Bonchev–Trinajstić information content (AvgIpc) is 3.00. The molecule has 1 unspecified atom stereocenters. The second kappa shape index (κ2) is 10.2. The standard InChI is InChI=1S/C22H29N5O4S/c1-4-6-7-10-13-26-18(29)15-11-8-9-12-16(15)23-21(26)32-14-17(28)25-27-19(30)22(3,5-2)24-20(27)31/h8-9,11-12H,4-7,10,13-14H2,1-3H3,(H,24,31)(H,25,28). The number of aromatic nitrogens is 2. The number of imide groups is 1. The molecule has 1 aliphatic heterocycles. The van der Waals surface area contributed by atoms with Crippen LogP contribution in [0.3, 0.4) is 0 Å². The molecule has 0 aliphatic carbocycles. The molecule has 3 rings (SSSR count). The number of carbonyl (C=O) groups excluding carboxylic acids is 3. The Balaban J connectivity index is 1.74. The van der Waals surface area contributed by atoms with E-state index in [0.29, 0.717) is 29.0 Å². The fourth-order valence-corrected chi connectivity index (χ4v) is 4.28. The van der Waals surface area contributed by atoms with Crippen LogP contribution in [-0.4, -0.2) is 43.7 Å². The highest BCUT2D eigenvalue weighted by molar-refractivity contribution is 7.99. The molecule has 9 nitrogen and oxygen atoms in total. The molecule has 172 valence electrons. The van der Waals surface area contributed by atoms with Gasteiger partial charge in [-0.1, -0.05) is 57.0 Å². The van der Waals surface area contributed by atoms with Crippen LogP contribution in [-0.2, 0) is 16.1 Å². The summed E-state index contributed by atoms with van der Waals surface area (Å²) >= 11 is 1.11. The maximum atomic E-state index is 13.0. The SMILES string of the molecule is CCCCCCn1c(SCC(=O)NN2C(=O)NC(C)(CC)C2=O)nc2ccccc2c1=O. The summed E-state index contributed by atoms with van der Waals surface area (Å²) in [5.74, 6) is -1.13. The van der Waals surface area contributed by atoms with Gasteiger partial charge >= 0.3 is 6.03 Å². The highest BCUT2D eigenvalue weighted by Crippen LogP contribution is 2.21. The summed E-state index contributed by atoms with van der Waals surface area (Å²) in [4.78, 5) is 54.7. The number of para-hydroxylation sites is 1. The average molecular weight is 460 g/mol. The van der Waals surface area contributed by atoms with Crippen molar-refractivity contribution in [3.05, 3.63) is 34.6 Å². The van der Waals surface area contributed by atoms with Gasteiger partial charge in [0.25, 0.3) is 11.5 Å². The Morgan fingerprint density at radius 1 is 1.16 bits per heavy atom. The van der Waals surface area contributed by atoms with Gasteiger partial charge in [-0.2, -0.15) is 5.01 Å². The number of amides is 4. The van der Waals surface area contributed by atoms with Gasteiger partial charge in [-0.25, -0.2) is 9.78 Å². The molecule has 2 heterocycles. The predicted molar refractivity (Wildman–Crippen MR) is 123 cm³/mol. The predicted octanol–water partition coefficient (Wildman–Crippen LogP) is 2.82. The molecule has 32 heavy (non-hydrogen) atoms. The molecule has 0 spiro atoms. The van der Waals surface area contributed by atoms with Crippen LogP contribution in [0, 0.1) is 0 Å². The lowest BCUT2D eigenvalue weighted by Crippen LogP contribution is -2.49. The van der Waals surface area contributed by atoms with E-state index < -0.39 is 23.4 Å². The van der Waals surface area contributed by atoms with Crippen molar-refractivity contribution in [3.8, 4) is 0 Å². The number of hydrogen-bond acceptors (Lipinski definition) is 6. The van der Waals surface area contributed by atoms with Crippen LogP contribution >= 0.6 is 11.8 Å². The number of unbranched alkanes of at least 4 members (excludes halogenated alkanes) is 3. The lowest BCUT2D eigenvalue weighted by Gasteiger charge is -2.19. The summed E-state index contributed by atoms with van der Waals surface area (Å²) in [6, 6.07) is 6.46. The van der Waals surface area contributed by atoms with Crippen LogP contribution in [0.1, 0.15) is 52.9 Å². The van der Waals surface area contributed by atoms with Gasteiger partial charge in [0.2, 0.25) is 5.91 Å². The Labute approximate surface area is 190 Å². The van der Waals surface area contributed by atoms with E-state index in [0.717, 1.165) is 42.5 Å². The van der Waals surface area contributed by atoms with Crippen LogP contribution < -0.4 is 16.3 Å². The number of hydrogen-bond donors (Lipinski definition) is 2. The highest BCUT2D eigenvalue weighted by Gasteiger charge is 2.47. The first-order valence-electron chi connectivity index (χ1n) is 10.9. The quantitative estimate of drug-likeness (QED) is 0.244. The molecule has 4 amide bonds. The largest absolute Gasteiger partial charge is 0.344 e. The molecule has 1 atom stereocenters. The third-order valence-corrected chi connectivity index (χ3v) is 6.58. The molecule has 1 aliphatic rings. The summed E-state index contributed by atoms with van der Waals surface area (Å²) in [7, 11) is 0. The molecule has 10 heteroatoms. The number of urea groups is 1. The molecule has 1 saturated heterocycles. The number of nitrogens with one attached hydrogen (secondary N) is 2. The van der Waals surface area contributed by atoms with Gasteiger partial charge in [-0.3, -0.25) is 24.4 Å². The summed E-state index contributed by atoms with van der Waals surface area (Å²) in [6.07, 6.45) is 4.42. The molecule has 1 fully saturated rings. The number of fused-ring (bicyclic) bond motifs is 1. The van der Waals surface area contributed by atoms with Crippen molar-refractivity contribution in [2.24, 2.45) is 0 Å². The monoisotopic (exact) mass is 459 g/mol. The van der Waals surface area contributed by atoms with Gasteiger partial charge in [-0.15, -0.1) is 0 Å². The van der Waals surface area contributed by atoms with Gasteiger partial charge in [-0.05, 0) is 31.9 Å². The van der Waals surface area contributed by atoms with Crippen LogP contribution in [0.5, 0.6) is 0 Å². The molecule has 0 bridgehead atoms. The van der Waals surface area contributed by atoms with E-state index >= 15 is 0 Å². The fourth-order valence-electron chi connectivity index (χ4n) is 3.46. The third kappa shape index (κ3) is 4.95. The van der Waals surface area contributed by atoms with Crippen molar-refractivity contribution in [3.63, 3.8) is 0 Å². The minimum absolute atomic E-state index is 0.0976. The van der Waals surface area contributed by atoms with Gasteiger partial charge < -0.3 is 5.32 Å². The number of rotatable bonds is 10. The number of thioether (sulfide) groups is 1. The number of hydrazine groups is 1. The second-order valence-corrected chi connectivity index (χ2v) is 8.95. The van der Waals surface area contributed by atoms with Crippen molar-refractivity contribution < 1.29 is 14.4 Å². The van der Waals surface area contributed by atoms with Crippen molar-refractivity contribution in [1.82, 2.24) is 25.3 Å². The topological polar surface area (TPSA) is 113 Å². The zero-order valence-electron chi connectivity index (χ0n) is 18.6. The Bertz CT molecular complexity index is 1090. The van der Waals surface area contributed by atoms with E-state index in [4.69, 9.17) is 0 Å². The summed E-state index contributed by atoms with van der Waals surface area (Å²) in [6.45, 7) is 6.04. The fraction of sp³-hybridized carbons (Fsp3) is 0.500. The zero-order chi connectivity index (χ0) is 23.3. The van der Waals surface area contributed by atoms with Gasteiger partial charge in [0.15, 0.2) is 5.16 Å². The molecule has 2 aromatic rings. The van der Waals surface area contributed by atoms with Gasteiger partial charge in [0, 0.05) is 6.54 Å². The number of benzene rings is 1. The molecule has 1 aromatic carbocycles. The van der Waals surface area contributed by atoms with Crippen LogP contribution in [0.25, 0.3) is 10.9 Å². The summed E-state index contributed by atoms with van der Waals surface area (Å²) < 4.78 is 1.61. The van der Waals surface area contributed by atoms with Gasteiger partial charge in [0.1, 0.15) is 5.54 Å². The van der Waals surface area contributed by atoms with Crippen LogP contribution in [0.4, 0.5) is 4.79 Å². The smallest absolute Gasteiger partial charge is 0.322 e. The molecule has 2 N–H and O–H groups in total. The number of carbonyl (C=O) groups is 3. The minimum Gasteiger partial charge on any atom is -0.322 e. The molecular formula is C22H29N5O4S. The van der Waals surface area contributed by atoms with E-state index in [1.165, 1.54) is 0 Å². The molecule has 1 aromatic heterocycles. The van der Waals surface area contributed by atoms with Crippen molar-refractivity contribution in [1.29, 1.82) is 0 Å². The first-order valence-corrected chi connectivity index (χ1v) is 11.9. The maximum absolute atomic E-state index is 13.0. The zero-order valence-corrected chi connectivity index (χ0v) is 19.5. The van der Waals surface area contributed by atoms with Gasteiger partial charge in [0.05, 0.1) is 16.7 Å². The van der Waals surface area contributed by atoms with Crippen LogP contribution in [0.2, 0.25) is 0 Å². The Hall–Kier alpha value is -2.88. The highest BCUT2D eigenvalue weighted by atomic mass is 32.2. The Kier molecular flexibility index (Phi) is 7.55. The number of nitrogens with zero attached hydrogens (tertiary/aromatic N) is 3. The summed E-state index contributed by atoms with van der Waals surface area (Å²) in [5, 5.41) is 4.29. The van der Waals surface area contributed by atoms with Crippen molar-refractivity contribution in [2.75, 3.05) is 5.75 Å². The Morgan fingerprint density at radius 3 is 2.59 bits per heavy atom. The third-order valence-electron chi connectivity index (χ3n) is 5.60. The van der Waals surface area contributed by atoms with Crippen molar-refractivity contribution in [2.45, 2.75) is 70.1 Å². The first-order chi connectivity index (χ1) is 15.3. The lowest BCUT2D eigenvalue weighted by atomic mass is 10.00. The molecular weight excluding hydrogens is 430 g/mol. The first kappa shape index (κ1) is 23.8. The van der Waals surface area contributed by atoms with E-state index in [-0.39, 0.29) is 11.3 Å². The lowest BCUT2D eigenvalue weighted by molar-refractivity contribution is -0.137. The van der Waals surface area contributed by atoms with E-state index in [2.05, 4.69) is 22.7 Å². The molecule has 0 radical (unpaired) electrons. The Morgan fingerprint density at radius 2 is 1.91 bits per heavy atom. The van der Waals surface area contributed by atoms with E-state index in [1.807, 2.05) is 6.07 Å². The van der Waals surface area contributed by atoms with E-state index in [1.54, 1.807) is 36.6 Å². The maximum Gasteiger partial charge on any atom is 0.344 e. The van der Waals surface area contributed by atoms with Crippen molar-refractivity contribution >= 4 is 40.5 Å².